The molecule has 2 rings (SSSR count). The molecule has 4 heteroatoms. The van der Waals surface area contributed by atoms with Gasteiger partial charge in [0.1, 0.15) is 0 Å². The van der Waals surface area contributed by atoms with Gasteiger partial charge in [-0.1, -0.05) is 0 Å². The Bertz CT molecular complexity index is 197. The Balaban J connectivity index is 1.89. The molecule has 4 nitrogen and oxygen atoms in total. The van der Waals surface area contributed by atoms with Gasteiger partial charge in [-0.05, 0) is 19.3 Å². The van der Waals surface area contributed by atoms with Crippen LogP contribution in [0.5, 0.6) is 0 Å². The highest BCUT2D eigenvalue weighted by atomic mass is 16.3. The SMILES string of the molecule is OC1CCN(C2=NCCCN2)CC1. The van der Waals surface area contributed by atoms with E-state index in [4.69, 9.17) is 0 Å². The number of rotatable bonds is 0. The zero-order valence-corrected chi connectivity index (χ0v) is 7.87. The second kappa shape index (κ2) is 3.96. The molecule has 2 aliphatic rings. The maximum atomic E-state index is 9.34. The molecule has 0 aromatic carbocycles. The van der Waals surface area contributed by atoms with Crippen molar-refractivity contribution in [3.8, 4) is 0 Å². The highest BCUT2D eigenvalue weighted by Gasteiger charge is 2.20. The molecule has 0 saturated carbocycles. The Kier molecular flexibility index (Phi) is 2.68. The average Bonchev–Trinajstić information content (AvgIpc) is 2.20. The number of likely N-dealkylation sites (tertiary alicyclic amines) is 1. The van der Waals surface area contributed by atoms with Crippen molar-refractivity contribution in [2.75, 3.05) is 26.2 Å². The fourth-order valence-corrected chi connectivity index (χ4v) is 1.81. The summed E-state index contributed by atoms with van der Waals surface area (Å²) < 4.78 is 0. The molecule has 0 bridgehead atoms. The highest BCUT2D eigenvalue weighted by molar-refractivity contribution is 5.80. The molecule has 2 aliphatic heterocycles. The first-order chi connectivity index (χ1) is 6.36. The lowest BCUT2D eigenvalue weighted by molar-refractivity contribution is 0.107. The van der Waals surface area contributed by atoms with Gasteiger partial charge in [-0.3, -0.25) is 4.99 Å². The third kappa shape index (κ3) is 2.12. The minimum absolute atomic E-state index is 0.0968. The topological polar surface area (TPSA) is 47.9 Å². The minimum atomic E-state index is -0.0968. The number of nitrogens with zero attached hydrogens (tertiary/aromatic N) is 2. The molecule has 2 heterocycles. The predicted molar refractivity (Wildman–Crippen MR) is 51.7 cm³/mol. The lowest BCUT2D eigenvalue weighted by atomic mass is 10.1. The molecule has 0 atom stereocenters. The largest absolute Gasteiger partial charge is 0.393 e. The maximum absolute atomic E-state index is 9.34. The molecule has 0 amide bonds. The van der Waals surface area contributed by atoms with Crippen LogP contribution in [0.1, 0.15) is 19.3 Å². The summed E-state index contributed by atoms with van der Waals surface area (Å²) in [7, 11) is 0. The number of aliphatic hydroxyl groups is 1. The molecule has 0 aromatic heterocycles. The van der Waals surface area contributed by atoms with Gasteiger partial charge in [0, 0.05) is 26.2 Å². The Labute approximate surface area is 78.6 Å². The van der Waals surface area contributed by atoms with Gasteiger partial charge in [-0.15, -0.1) is 0 Å². The van der Waals surface area contributed by atoms with Gasteiger partial charge in [-0.25, -0.2) is 0 Å². The van der Waals surface area contributed by atoms with Crippen LogP contribution in [0, 0.1) is 0 Å². The molecule has 0 unspecified atom stereocenters. The number of aliphatic imine (C=N–C) groups is 1. The van der Waals surface area contributed by atoms with Crippen LogP contribution in [0.4, 0.5) is 0 Å². The van der Waals surface area contributed by atoms with Crippen LogP contribution >= 0.6 is 0 Å². The van der Waals surface area contributed by atoms with E-state index in [1.54, 1.807) is 0 Å². The lowest BCUT2D eigenvalue weighted by Gasteiger charge is -2.33. The maximum Gasteiger partial charge on any atom is 0.193 e. The lowest BCUT2D eigenvalue weighted by Crippen LogP contribution is -2.48. The second-order valence-corrected chi connectivity index (χ2v) is 3.70. The van der Waals surface area contributed by atoms with Crippen molar-refractivity contribution in [2.45, 2.75) is 25.4 Å². The minimum Gasteiger partial charge on any atom is -0.393 e. The molecular weight excluding hydrogens is 166 g/mol. The zero-order chi connectivity index (χ0) is 9.10. The average molecular weight is 183 g/mol. The van der Waals surface area contributed by atoms with Crippen LogP contribution in [0.2, 0.25) is 0 Å². The highest BCUT2D eigenvalue weighted by Crippen LogP contribution is 2.10. The third-order valence-electron chi connectivity index (χ3n) is 2.64. The van der Waals surface area contributed by atoms with Gasteiger partial charge in [0.15, 0.2) is 5.96 Å². The summed E-state index contributed by atoms with van der Waals surface area (Å²) in [6.45, 7) is 3.86. The van der Waals surface area contributed by atoms with Crippen LogP contribution in [-0.4, -0.2) is 48.2 Å². The number of aliphatic hydroxyl groups excluding tert-OH is 1. The van der Waals surface area contributed by atoms with Gasteiger partial charge in [-0.2, -0.15) is 0 Å². The fraction of sp³-hybridized carbons (Fsp3) is 0.889. The quantitative estimate of drug-likeness (QED) is 0.546. The Morgan fingerprint density at radius 3 is 2.77 bits per heavy atom. The molecule has 0 aliphatic carbocycles. The van der Waals surface area contributed by atoms with E-state index in [9.17, 15) is 5.11 Å². The van der Waals surface area contributed by atoms with E-state index in [0.29, 0.717) is 0 Å². The van der Waals surface area contributed by atoms with Crippen molar-refractivity contribution >= 4 is 5.96 Å². The summed E-state index contributed by atoms with van der Waals surface area (Å²) in [5, 5.41) is 12.6. The van der Waals surface area contributed by atoms with E-state index in [1.807, 2.05) is 0 Å². The first-order valence-corrected chi connectivity index (χ1v) is 5.07. The van der Waals surface area contributed by atoms with Crippen molar-refractivity contribution < 1.29 is 5.11 Å². The number of hydrogen-bond acceptors (Lipinski definition) is 4. The summed E-state index contributed by atoms with van der Waals surface area (Å²) in [6, 6.07) is 0. The fourth-order valence-electron chi connectivity index (χ4n) is 1.81. The molecule has 0 spiro atoms. The molecule has 0 aromatic rings. The molecule has 0 radical (unpaired) electrons. The summed E-state index contributed by atoms with van der Waals surface area (Å²) in [5.41, 5.74) is 0. The van der Waals surface area contributed by atoms with E-state index in [1.165, 1.54) is 0 Å². The van der Waals surface area contributed by atoms with Gasteiger partial charge in [0.25, 0.3) is 0 Å². The Morgan fingerprint density at radius 2 is 2.15 bits per heavy atom. The van der Waals surface area contributed by atoms with Crippen LogP contribution in [0.15, 0.2) is 4.99 Å². The molecular formula is C9H17N3O. The van der Waals surface area contributed by atoms with Gasteiger partial charge < -0.3 is 15.3 Å². The molecule has 13 heavy (non-hydrogen) atoms. The van der Waals surface area contributed by atoms with Gasteiger partial charge in [0.05, 0.1) is 6.10 Å². The monoisotopic (exact) mass is 183 g/mol. The van der Waals surface area contributed by atoms with E-state index < -0.39 is 0 Å². The molecule has 1 saturated heterocycles. The van der Waals surface area contributed by atoms with Crippen molar-refractivity contribution in [2.24, 2.45) is 4.99 Å². The number of hydrogen-bond donors (Lipinski definition) is 2. The Morgan fingerprint density at radius 1 is 1.38 bits per heavy atom. The number of piperidine rings is 1. The van der Waals surface area contributed by atoms with Crippen molar-refractivity contribution in [3.05, 3.63) is 0 Å². The second-order valence-electron chi connectivity index (χ2n) is 3.70. The third-order valence-corrected chi connectivity index (χ3v) is 2.64. The van der Waals surface area contributed by atoms with Crippen LogP contribution in [0.3, 0.4) is 0 Å². The van der Waals surface area contributed by atoms with Crippen LogP contribution in [-0.2, 0) is 0 Å². The van der Waals surface area contributed by atoms with Gasteiger partial charge >= 0.3 is 0 Å². The molecule has 1 fully saturated rings. The standard InChI is InChI=1S/C9H17N3O/c13-8-2-6-12(7-3-8)9-10-4-1-5-11-9/h8,13H,1-7H2,(H,10,11). The first-order valence-electron chi connectivity index (χ1n) is 5.07. The van der Waals surface area contributed by atoms with E-state index >= 15 is 0 Å². The molecule has 74 valence electrons. The number of guanidine groups is 1. The smallest absolute Gasteiger partial charge is 0.193 e. The first kappa shape index (κ1) is 8.81. The normalized spacial score (nSPS) is 25.3. The predicted octanol–water partition coefficient (Wildman–Crippen LogP) is -0.208. The van der Waals surface area contributed by atoms with Crippen LogP contribution in [0.25, 0.3) is 0 Å². The summed E-state index contributed by atoms with van der Waals surface area (Å²) in [5.74, 6) is 1.04. The number of nitrogens with one attached hydrogen (secondary N) is 1. The zero-order valence-electron chi connectivity index (χ0n) is 7.87. The van der Waals surface area contributed by atoms with E-state index in [2.05, 4.69) is 15.2 Å². The van der Waals surface area contributed by atoms with Crippen molar-refractivity contribution in [1.82, 2.24) is 10.2 Å². The van der Waals surface area contributed by atoms with E-state index in [-0.39, 0.29) is 6.10 Å². The molecule has 2 N–H and O–H groups in total. The summed E-state index contributed by atoms with van der Waals surface area (Å²) in [6.07, 6.45) is 2.79. The summed E-state index contributed by atoms with van der Waals surface area (Å²) >= 11 is 0. The Hall–Kier alpha value is -0.770. The summed E-state index contributed by atoms with van der Waals surface area (Å²) in [4.78, 5) is 6.67. The van der Waals surface area contributed by atoms with Crippen molar-refractivity contribution in [3.63, 3.8) is 0 Å². The van der Waals surface area contributed by atoms with Crippen LogP contribution < -0.4 is 5.32 Å². The van der Waals surface area contributed by atoms with Crippen molar-refractivity contribution in [1.29, 1.82) is 0 Å². The van der Waals surface area contributed by atoms with E-state index in [0.717, 1.165) is 51.4 Å². The van der Waals surface area contributed by atoms with Gasteiger partial charge in [0.2, 0.25) is 0 Å².